The SMILES string of the molecule is CO/C=C(\C(=O)OC)c1ccccc1COc1ccc(N2CCCCC2)c(F)c1. The minimum atomic E-state index is -0.503. The van der Waals surface area contributed by atoms with Crippen LogP contribution in [0.15, 0.2) is 48.7 Å². The van der Waals surface area contributed by atoms with Crippen LogP contribution >= 0.6 is 0 Å². The van der Waals surface area contributed by atoms with Gasteiger partial charge in [-0.05, 0) is 42.5 Å². The third-order valence-corrected chi connectivity index (χ3v) is 4.96. The molecule has 1 saturated heterocycles. The Labute approximate surface area is 170 Å². The number of hydrogen-bond donors (Lipinski definition) is 0. The van der Waals surface area contributed by atoms with Gasteiger partial charge in [-0.15, -0.1) is 0 Å². The maximum Gasteiger partial charge on any atom is 0.341 e. The van der Waals surface area contributed by atoms with E-state index in [1.165, 1.54) is 33.0 Å². The van der Waals surface area contributed by atoms with Crippen LogP contribution in [0.1, 0.15) is 30.4 Å². The molecule has 1 heterocycles. The maximum atomic E-state index is 14.6. The molecule has 1 fully saturated rings. The van der Waals surface area contributed by atoms with E-state index < -0.39 is 5.97 Å². The molecule has 2 aromatic rings. The van der Waals surface area contributed by atoms with Crippen LogP contribution in [0.2, 0.25) is 0 Å². The van der Waals surface area contributed by atoms with E-state index in [1.54, 1.807) is 18.2 Å². The van der Waals surface area contributed by atoms with E-state index in [4.69, 9.17) is 14.2 Å². The van der Waals surface area contributed by atoms with Gasteiger partial charge in [-0.3, -0.25) is 0 Å². The number of anilines is 1. The first-order chi connectivity index (χ1) is 14.1. The Bertz CT molecular complexity index is 875. The molecule has 0 atom stereocenters. The lowest BCUT2D eigenvalue weighted by atomic mass is 10.0. The predicted octanol–water partition coefficient (Wildman–Crippen LogP) is 4.56. The van der Waals surface area contributed by atoms with Gasteiger partial charge in [0.25, 0.3) is 0 Å². The Balaban J connectivity index is 1.76. The van der Waals surface area contributed by atoms with Crippen molar-refractivity contribution in [2.75, 3.05) is 32.2 Å². The lowest BCUT2D eigenvalue weighted by Gasteiger charge is -2.29. The molecular formula is C23H26FNO4. The van der Waals surface area contributed by atoms with Crippen LogP contribution in [-0.2, 0) is 20.9 Å². The average Bonchev–Trinajstić information content (AvgIpc) is 2.76. The van der Waals surface area contributed by atoms with Crippen molar-refractivity contribution in [3.05, 3.63) is 65.7 Å². The molecule has 0 saturated carbocycles. The summed E-state index contributed by atoms with van der Waals surface area (Å²) < 4.78 is 30.3. The molecule has 154 valence electrons. The molecule has 2 aromatic carbocycles. The van der Waals surface area contributed by atoms with Crippen molar-refractivity contribution in [2.45, 2.75) is 25.9 Å². The molecule has 1 aliphatic heterocycles. The van der Waals surface area contributed by atoms with E-state index in [9.17, 15) is 9.18 Å². The summed E-state index contributed by atoms with van der Waals surface area (Å²) in [5.74, 6) is -0.350. The van der Waals surface area contributed by atoms with Gasteiger partial charge >= 0.3 is 5.97 Å². The molecule has 3 rings (SSSR count). The number of ether oxygens (including phenoxy) is 3. The molecule has 1 aliphatic rings. The normalized spacial score (nSPS) is 14.4. The first-order valence-corrected chi connectivity index (χ1v) is 9.71. The van der Waals surface area contributed by atoms with Gasteiger partial charge in [-0.25, -0.2) is 9.18 Å². The number of benzene rings is 2. The Morgan fingerprint density at radius 3 is 2.55 bits per heavy atom. The Morgan fingerprint density at radius 2 is 1.86 bits per heavy atom. The van der Waals surface area contributed by atoms with Gasteiger partial charge in [-0.1, -0.05) is 24.3 Å². The third kappa shape index (κ3) is 5.08. The number of halogens is 1. The number of piperidine rings is 1. The average molecular weight is 399 g/mol. The molecule has 5 nitrogen and oxygen atoms in total. The van der Waals surface area contributed by atoms with Crippen LogP contribution in [-0.4, -0.2) is 33.3 Å². The van der Waals surface area contributed by atoms with E-state index in [0.29, 0.717) is 22.6 Å². The highest BCUT2D eigenvalue weighted by molar-refractivity contribution is 6.16. The van der Waals surface area contributed by atoms with Crippen LogP contribution in [0.4, 0.5) is 10.1 Å². The van der Waals surface area contributed by atoms with E-state index in [1.807, 2.05) is 18.2 Å². The van der Waals surface area contributed by atoms with Gasteiger partial charge in [0.1, 0.15) is 23.7 Å². The summed E-state index contributed by atoms with van der Waals surface area (Å²) in [7, 11) is 2.78. The fraction of sp³-hybridized carbons (Fsp3) is 0.348. The van der Waals surface area contributed by atoms with Crippen LogP contribution in [0, 0.1) is 5.82 Å². The second-order valence-electron chi connectivity index (χ2n) is 6.87. The fourth-order valence-corrected chi connectivity index (χ4v) is 3.49. The van der Waals surface area contributed by atoms with E-state index in [-0.39, 0.29) is 12.4 Å². The molecule has 0 radical (unpaired) electrons. The van der Waals surface area contributed by atoms with E-state index >= 15 is 0 Å². The van der Waals surface area contributed by atoms with Crippen LogP contribution in [0.25, 0.3) is 5.57 Å². The Hall–Kier alpha value is -3.02. The molecule has 0 aliphatic carbocycles. The number of methoxy groups -OCH3 is 2. The van der Waals surface area contributed by atoms with Crippen LogP contribution < -0.4 is 9.64 Å². The molecule has 0 bridgehead atoms. The highest BCUT2D eigenvalue weighted by atomic mass is 19.1. The minimum Gasteiger partial charge on any atom is -0.503 e. The monoisotopic (exact) mass is 399 g/mol. The van der Waals surface area contributed by atoms with Crippen LogP contribution in [0.5, 0.6) is 5.75 Å². The summed E-state index contributed by atoms with van der Waals surface area (Å²) in [6, 6.07) is 12.3. The van der Waals surface area contributed by atoms with Crippen molar-refractivity contribution in [1.82, 2.24) is 0 Å². The zero-order valence-corrected chi connectivity index (χ0v) is 16.8. The summed E-state index contributed by atoms with van der Waals surface area (Å²) in [5.41, 5.74) is 2.32. The highest BCUT2D eigenvalue weighted by Crippen LogP contribution is 2.28. The summed E-state index contributed by atoms with van der Waals surface area (Å²) >= 11 is 0. The van der Waals surface area contributed by atoms with Gasteiger partial charge in [0.05, 0.1) is 26.2 Å². The summed E-state index contributed by atoms with van der Waals surface area (Å²) in [6.07, 6.45) is 4.72. The van der Waals surface area contributed by atoms with Crippen molar-refractivity contribution in [2.24, 2.45) is 0 Å². The predicted molar refractivity (Wildman–Crippen MR) is 110 cm³/mol. The summed E-state index contributed by atoms with van der Waals surface area (Å²) in [6.45, 7) is 1.94. The summed E-state index contributed by atoms with van der Waals surface area (Å²) in [4.78, 5) is 14.2. The molecule has 0 unspecified atom stereocenters. The smallest absolute Gasteiger partial charge is 0.341 e. The molecule has 6 heteroatoms. The fourth-order valence-electron chi connectivity index (χ4n) is 3.49. The standard InChI is InChI=1S/C23H26FNO4/c1-27-16-20(23(26)28-2)19-9-5-4-8-17(19)15-29-18-10-11-22(21(24)14-18)25-12-6-3-7-13-25/h4-5,8-11,14,16H,3,6-7,12-13,15H2,1-2H3/b20-16-. The number of esters is 1. The number of rotatable bonds is 7. The topological polar surface area (TPSA) is 48.0 Å². The zero-order valence-electron chi connectivity index (χ0n) is 16.8. The molecule has 0 spiro atoms. The number of nitrogens with zero attached hydrogens (tertiary/aromatic N) is 1. The van der Waals surface area contributed by atoms with Crippen molar-refractivity contribution in [3.63, 3.8) is 0 Å². The van der Waals surface area contributed by atoms with Crippen molar-refractivity contribution < 1.29 is 23.4 Å². The van der Waals surface area contributed by atoms with E-state index in [2.05, 4.69) is 4.90 Å². The van der Waals surface area contributed by atoms with Crippen molar-refractivity contribution >= 4 is 17.2 Å². The summed E-state index contributed by atoms with van der Waals surface area (Å²) in [5, 5.41) is 0. The third-order valence-electron chi connectivity index (χ3n) is 4.96. The van der Waals surface area contributed by atoms with Gasteiger partial charge < -0.3 is 19.1 Å². The first kappa shape index (κ1) is 20.7. The minimum absolute atomic E-state index is 0.177. The lowest BCUT2D eigenvalue weighted by Crippen LogP contribution is -2.30. The van der Waals surface area contributed by atoms with Gasteiger partial charge in [0.15, 0.2) is 0 Å². The Kier molecular flexibility index (Phi) is 7.11. The van der Waals surface area contributed by atoms with Crippen molar-refractivity contribution in [1.29, 1.82) is 0 Å². The number of carbonyl (C=O) groups is 1. The Morgan fingerprint density at radius 1 is 1.10 bits per heavy atom. The molecular weight excluding hydrogens is 373 g/mol. The highest BCUT2D eigenvalue weighted by Gasteiger charge is 2.18. The first-order valence-electron chi connectivity index (χ1n) is 9.71. The second kappa shape index (κ2) is 9.96. The van der Waals surface area contributed by atoms with Crippen LogP contribution in [0.3, 0.4) is 0 Å². The van der Waals surface area contributed by atoms with Crippen molar-refractivity contribution in [3.8, 4) is 5.75 Å². The second-order valence-corrected chi connectivity index (χ2v) is 6.87. The lowest BCUT2D eigenvalue weighted by molar-refractivity contribution is -0.133. The molecule has 0 aromatic heterocycles. The van der Waals surface area contributed by atoms with Gasteiger partial charge in [0.2, 0.25) is 0 Å². The zero-order chi connectivity index (χ0) is 20.6. The van der Waals surface area contributed by atoms with Gasteiger partial charge in [0, 0.05) is 19.2 Å². The van der Waals surface area contributed by atoms with E-state index in [0.717, 1.165) is 31.5 Å². The molecule has 29 heavy (non-hydrogen) atoms. The number of carbonyl (C=O) groups excluding carboxylic acids is 1. The van der Waals surface area contributed by atoms with Gasteiger partial charge in [-0.2, -0.15) is 0 Å². The quantitative estimate of drug-likeness (QED) is 0.388. The maximum absolute atomic E-state index is 14.6. The molecule has 0 N–H and O–H groups in total. The largest absolute Gasteiger partial charge is 0.503 e. The number of hydrogen-bond acceptors (Lipinski definition) is 5. The molecule has 0 amide bonds.